The molecule has 0 amide bonds. The smallest absolute Gasteiger partial charge is 0.339 e. The van der Waals surface area contributed by atoms with Gasteiger partial charge in [-0.2, -0.15) is 0 Å². The van der Waals surface area contributed by atoms with Crippen LogP contribution in [0.4, 0.5) is 5.82 Å². The van der Waals surface area contributed by atoms with Crippen molar-refractivity contribution < 1.29 is 9.53 Å². The third-order valence-electron chi connectivity index (χ3n) is 4.35. The Kier molecular flexibility index (Phi) is 3.40. The van der Waals surface area contributed by atoms with Crippen molar-refractivity contribution in [3.8, 4) is 0 Å². The van der Waals surface area contributed by atoms with Gasteiger partial charge in [-0.25, -0.2) is 9.78 Å². The van der Waals surface area contributed by atoms with Crippen LogP contribution in [0.2, 0.25) is 0 Å². The van der Waals surface area contributed by atoms with Gasteiger partial charge in [-0.3, -0.25) is 0 Å². The Balaban J connectivity index is 1.61. The normalized spacial score (nSPS) is 28.4. The highest BCUT2D eigenvalue weighted by molar-refractivity contribution is 5.89. The molecule has 4 heteroatoms. The molecule has 2 fully saturated rings. The first-order valence-electron chi connectivity index (χ1n) is 7.16. The van der Waals surface area contributed by atoms with E-state index in [4.69, 9.17) is 4.74 Å². The number of pyridine rings is 1. The van der Waals surface area contributed by atoms with Gasteiger partial charge >= 0.3 is 5.97 Å². The minimum Gasteiger partial charge on any atom is -0.462 e. The fourth-order valence-electron chi connectivity index (χ4n) is 3.43. The second kappa shape index (κ2) is 5.19. The quantitative estimate of drug-likeness (QED) is 0.846. The third kappa shape index (κ3) is 2.57. The number of fused-ring (bicyclic) bond motifs is 2. The molecule has 0 spiro atoms. The molecule has 102 valence electrons. The minimum atomic E-state index is -0.304. The van der Waals surface area contributed by atoms with E-state index in [0.29, 0.717) is 18.2 Å². The molecule has 1 heterocycles. The number of hydrogen-bond acceptors (Lipinski definition) is 4. The monoisotopic (exact) mass is 260 g/mol. The zero-order valence-electron chi connectivity index (χ0n) is 11.3. The number of carbonyl (C=O) groups is 1. The first-order valence-corrected chi connectivity index (χ1v) is 7.16. The molecule has 2 bridgehead atoms. The van der Waals surface area contributed by atoms with Crippen molar-refractivity contribution in [2.75, 3.05) is 11.9 Å². The molecular weight excluding hydrogens is 240 g/mol. The van der Waals surface area contributed by atoms with Crippen LogP contribution in [0.3, 0.4) is 0 Å². The molecule has 1 aromatic heterocycles. The molecule has 2 saturated carbocycles. The maximum atomic E-state index is 11.5. The van der Waals surface area contributed by atoms with E-state index >= 15 is 0 Å². The van der Waals surface area contributed by atoms with Gasteiger partial charge in [-0.1, -0.05) is 6.42 Å². The molecule has 0 saturated heterocycles. The Labute approximate surface area is 113 Å². The molecule has 1 aromatic rings. The summed E-state index contributed by atoms with van der Waals surface area (Å²) >= 11 is 0. The molecule has 0 radical (unpaired) electrons. The van der Waals surface area contributed by atoms with Gasteiger partial charge in [-0.05, 0) is 50.2 Å². The second-order valence-corrected chi connectivity index (χ2v) is 5.58. The van der Waals surface area contributed by atoms with Crippen LogP contribution >= 0.6 is 0 Å². The predicted octanol–water partition coefficient (Wildman–Crippen LogP) is 2.86. The van der Waals surface area contributed by atoms with Crippen molar-refractivity contribution in [1.82, 2.24) is 4.98 Å². The summed E-state index contributed by atoms with van der Waals surface area (Å²) in [6.07, 6.45) is 6.99. The number of nitrogens with zero attached hydrogens (tertiary/aromatic N) is 1. The summed E-state index contributed by atoms with van der Waals surface area (Å²) in [4.78, 5) is 15.8. The summed E-state index contributed by atoms with van der Waals surface area (Å²) in [5, 5.41) is 3.51. The molecule has 19 heavy (non-hydrogen) atoms. The van der Waals surface area contributed by atoms with Crippen molar-refractivity contribution in [2.45, 2.75) is 38.6 Å². The Morgan fingerprint density at radius 2 is 2.32 bits per heavy atom. The summed E-state index contributed by atoms with van der Waals surface area (Å²) < 4.78 is 4.94. The van der Waals surface area contributed by atoms with Gasteiger partial charge in [0.2, 0.25) is 0 Å². The van der Waals surface area contributed by atoms with Gasteiger partial charge in [0.15, 0.2) is 0 Å². The zero-order chi connectivity index (χ0) is 13.2. The van der Waals surface area contributed by atoms with E-state index in [1.165, 1.54) is 25.7 Å². The van der Waals surface area contributed by atoms with Crippen LogP contribution in [0.25, 0.3) is 0 Å². The van der Waals surface area contributed by atoms with Gasteiger partial charge < -0.3 is 10.1 Å². The maximum absolute atomic E-state index is 11.5. The lowest BCUT2D eigenvalue weighted by molar-refractivity contribution is 0.0526. The minimum absolute atomic E-state index is 0.304. The number of aromatic nitrogens is 1. The first kappa shape index (κ1) is 12.5. The van der Waals surface area contributed by atoms with Crippen LogP contribution < -0.4 is 5.32 Å². The largest absolute Gasteiger partial charge is 0.462 e. The van der Waals surface area contributed by atoms with Crippen molar-refractivity contribution >= 4 is 11.8 Å². The molecule has 0 aliphatic heterocycles. The summed E-state index contributed by atoms with van der Waals surface area (Å²) in [7, 11) is 0. The van der Waals surface area contributed by atoms with E-state index in [0.717, 1.165) is 17.7 Å². The van der Waals surface area contributed by atoms with Crippen LogP contribution in [0.1, 0.15) is 43.0 Å². The molecule has 1 N–H and O–H groups in total. The SMILES string of the molecule is CCOC(=O)c1ccc(NC2CC3CCC2C3)nc1. The highest BCUT2D eigenvalue weighted by atomic mass is 16.5. The molecule has 0 aromatic carbocycles. The van der Waals surface area contributed by atoms with E-state index in [-0.39, 0.29) is 5.97 Å². The van der Waals surface area contributed by atoms with Gasteiger partial charge in [0.05, 0.1) is 12.2 Å². The first-order chi connectivity index (χ1) is 9.26. The number of anilines is 1. The zero-order valence-corrected chi connectivity index (χ0v) is 11.3. The van der Waals surface area contributed by atoms with Gasteiger partial charge in [0, 0.05) is 12.2 Å². The lowest BCUT2D eigenvalue weighted by Crippen LogP contribution is -2.26. The van der Waals surface area contributed by atoms with Gasteiger partial charge in [-0.15, -0.1) is 0 Å². The number of nitrogens with one attached hydrogen (secondary N) is 1. The Hall–Kier alpha value is -1.58. The second-order valence-electron chi connectivity index (χ2n) is 5.58. The summed E-state index contributed by atoms with van der Waals surface area (Å²) in [5.41, 5.74) is 0.514. The average molecular weight is 260 g/mol. The van der Waals surface area contributed by atoms with E-state index in [2.05, 4.69) is 10.3 Å². The topological polar surface area (TPSA) is 51.2 Å². The lowest BCUT2D eigenvalue weighted by Gasteiger charge is -2.23. The molecule has 2 aliphatic carbocycles. The van der Waals surface area contributed by atoms with Crippen molar-refractivity contribution in [3.63, 3.8) is 0 Å². The molecule has 3 atom stereocenters. The third-order valence-corrected chi connectivity index (χ3v) is 4.35. The number of hydrogen-bond donors (Lipinski definition) is 1. The average Bonchev–Trinajstić information content (AvgIpc) is 3.02. The molecule has 3 unspecified atom stereocenters. The Bertz CT molecular complexity index is 458. The summed E-state index contributed by atoms with van der Waals surface area (Å²) in [6.45, 7) is 2.19. The fraction of sp³-hybridized carbons (Fsp3) is 0.600. The summed E-state index contributed by atoms with van der Waals surface area (Å²) in [6, 6.07) is 4.22. The molecule has 3 rings (SSSR count). The standard InChI is InChI=1S/C15H20N2O2/c1-2-19-15(18)12-5-6-14(16-9-12)17-13-8-10-3-4-11(13)7-10/h5-6,9-11,13H,2-4,7-8H2,1H3,(H,16,17). The molecule has 4 nitrogen and oxygen atoms in total. The van der Waals surface area contributed by atoms with Crippen molar-refractivity contribution in [3.05, 3.63) is 23.9 Å². The highest BCUT2D eigenvalue weighted by Crippen LogP contribution is 2.45. The van der Waals surface area contributed by atoms with Crippen LogP contribution in [-0.2, 0) is 4.74 Å². The van der Waals surface area contributed by atoms with E-state index < -0.39 is 0 Å². The van der Waals surface area contributed by atoms with E-state index in [9.17, 15) is 4.79 Å². The van der Waals surface area contributed by atoms with E-state index in [1.54, 1.807) is 19.2 Å². The highest BCUT2D eigenvalue weighted by Gasteiger charge is 2.39. The van der Waals surface area contributed by atoms with Crippen LogP contribution in [0, 0.1) is 11.8 Å². The van der Waals surface area contributed by atoms with Gasteiger partial charge in [0.25, 0.3) is 0 Å². The number of carbonyl (C=O) groups excluding carboxylic acids is 1. The molecule has 2 aliphatic rings. The fourth-order valence-corrected chi connectivity index (χ4v) is 3.43. The van der Waals surface area contributed by atoms with Crippen LogP contribution in [-0.4, -0.2) is 23.6 Å². The van der Waals surface area contributed by atoms with Crippen molar-refractivity contribution in [2.24, 2.45) is 11.8 Å². The Morgan fingerprint density at radius 1 is 1.42 bits per heavy atom. The summed E-state index contributed by atoms with van der Waals surface area (Å²) in [5.74, 6) is 2.30. The number of ether oxygens (including phenoxy) is 1. The predicted molar refractivity (Wildman–Crippen MR) is 73.1 cm³/mol. The molecular formula is C15H20N2O2. The van der Waals surface area contributed by atoms with Crippen LogP contribution in [0.15, 0.2) is 18.3 Å². The number of rotatable bonds is 4. The van der Waals surface area contributed by atoms with Gasteiger partial charge in [0.1, 0.15) is 5.82 Å². The lowest BCUT2D eigenvalue weighted by atomic mass is 9.95. The van der Waals surface area contributed by atoms with E-state index in [1.807, 2.05) is 6.07 Å². The number of esters is 1. The van der Waals surface area contributed by atoms with Crippen LogP contribution in [0.5, 0.6) is 0 Å². The van der Waals surface area contributed by atoms with Crippen molar-refractivity contribution in [1.29, 1.82) is 0 Å². The Morgan fingerprint density at radius 3 is 2.89 bits per heavy atom. The maximum Gasteiger partial charge on any atom is 0.339 e.